The van der Waals surface area contributed by atoms with E-state index in [0.29, 0.717) is 6.61 Å². The number of aliphatic carboxylic acids is 1. The number of benzene rings is 3. The van der Waals surface area contributed by atoms with Gasteiger partial charge in [0.25, 0.3) is 5.97 Å². The molecule has 0 amide bonds. The first kappa shape index (κ1) is 21.4. The second-order valence-electron chi connectivity index (χ2n) is 7.37. The molecule has 0 atom stereocenters. The Morgan fingerprint density at radius 3 is 2.27 bits per heavy atom. The molecule has 0 bridgehead atoms. The number of carboxylic acids is 1. The molecule has 30 heavy (non-hydrogen) atoms. The average molecular weight is 405 g/mol. The van der Waals surface area contributed by atoms with Crippen molar-refractivity contribution in [3.05, 3.63) is 83.4 Å². The van der Waals surface area contributed by atoms with Crippen molar-refractivity contribution in [3.8, 4) is 22.6 Å². The molecule has 4 heteroatoms. The molecular formula is C26H28O4. The number of hydrogen-bond acceptors (Lipinski definition) is 3. The van der Waals surface area contributed by atoms with Crippen LogP contribution in [-0.4, -0.2) is 18.2 Å². The highest BCUT2D eigenvalue weighted by atomic mass is 16.5. The fourth-order valence-corrected chi connectivity index (χ4v) is 3.56. The summed E-state index contributed by atoms with van der Waals surface area (Å²) in [6.45, 7) is 1.68. The molecule has 156 valence electrons. The van der Waals surface area contributed by atoms with Crippen molar-refractivity contribution in [1.29, 1.82) is 0 Å². The quantitative estimate of drug-likeness (QED) is 0.574. The van der Waals surface area contributed by atoms with Crippen LogP contribution in [0, 0.1) is 0 Å². The van der Waals surface area contributed by atoms with E-state index in [2.05, 4.69) is 54.6 Å². The zero-order valence-corrected chi connectivity index (χ0v) is 17.6. The van der Waals surface area contributed by atoms with E-state index in [9.17, 15) is 0 Å². The Morgan fingerprint density at radius 1 is 0.867 bits per heavy atom. The van der Waals surface area contributed by atoms with E-state index in [1.54, 1.807) is 7.11 Å². The molecule has 4 nitrogen and oxygen atoms in total. The monoisotopic (exact) mass is 404 g/mol. The summed E-state index contributed by atoms with van der Waals surface area (Å²) < 4.78 is 11.3. The van der Waals surface area contributed by atoms with Crippen LogP contribution in [0.4, 0.5) is 0 Å². The molecule has 4 rings (SSSR count). The number of hydrogen-bond donors (Lipinski definition) is 1. The van der Waals surface area contributed by atoms with Gasteiger partial charge in [0.1, 0.15) is 18.1 Å². The SMILES string of the molecule is CC(=O)O.COc1cccc(-c2ccc(COc3ccc4c(c3)CCCC4)cc2)c1. The molecule has 3 aromatic rings. The Kier molecular flexibility index (Phi) is 7.50. The lowest BCUT2D eigenvalue weighted by molar-refractivity contribution is -0.134. The van der Waals surface area contributed by atoms with Crippen molar-refractivity contribution in [2.24, 2.45) is 0 Å². The highest BCUT2D eigenvalue weighted by Crippen LogP contribution is 2.27. The normalized spacial score (nSPS) is 12.2. The number of methoxy groups -OCH3 is 1. The van der Waals surface area contributed by atoms with Crippen LogP contribution in [0.5, 0.6) is 11.5 Å². The van der Waals surface area contributed by atoms with Crippen molar-refractivity contribution in [2.75, 3.05) is 7.11 Å². The van der Waals surface area contributed by atoms with Crippen LogP contribution in [0.3, 0.4) is 0 Å². The molecule has 0 fully saturated rings. The van der Waals surface area contributed by atoms with Crippen molar-refractivity contribution in [3.63, 3.8) is 0 Å². The highest BCUT2D eigenvalue weighted by Gasteiger charge is 2.10. The van der Waals surface area contributed by atoms with E-state index in [0.717, 1.165) is 24.0 Å². The molecule has 1 aliphatic carbocycles. The zero-order chi connectivity index (χ0) is 21.3. The van der Waals surface area contributed by atoms with Crippen LogP contribution in [0.2, 0.25) is 0 Å². The molecule has 0 heterocycles. The lowest BCUT2D eigenvalue weighted by Gasteiger charge is -2.17. The van der Waals surface area contributed by atoms with Gasteiger partial charge in [0.2, 0.25) is 0 Å². The van der Waals surface area contributed by atoms with Gasteiger partial charge in [-0.25, -0.2) is 0 Å². The van der Waals surface area contributed by atoms with Gasteiger partial charge < -0.3 is 14.6 Å². The minimum atomic E-state index is -0.833. The third-order valence-corrected chi connectivity index (χ3v) is 5.08. The summed E-state index contributed by atoms with van der Waals surface area (Å²) in [4.78, 5) is 9.00. The Bertz CT molecular complexity index is 973. The largest absolute Gasteiger partial charge is 0.497 e. The van der Waals surface area contributed by atoms with Crippen LogP contribution < -0.4 is 9.47 Å². The summed E-state index contributed by atoms with van der Waals surface area (Å²) in [7, 11) is 1.69. The molecule has 0 unspecified atom stereocenters. The van der Waals surface area contributed by atoms with Crippen molar-refractivity contribution >= 4 is 5.97 Å². The predicted molar refractivity (Wildman–Crippen MR) is 119 cm³/mol. The van der Waals surface area contributed by atoms with Crippen LogP contribution in [0.25, 0.3) is 11.1 Å². The first-order valence-electron chi connectivity index (χ1n) is 10.2. The topological polar surface area (TPSA) is 55.8 Å². The number of rotatable bonds is 5. The lowest BCUT2D eigenvalue weighted by atomic mass is 9.92. The highest BCUT2D eigenvalue weighted by molar-refractivity contribution is 5.65. The number of carboxylic acid groups (broad SMARTS) is 1. The molecule has 1 aliphatic rings. The van der Waals surface area contributed by atoms with Gasteiger partial charge in [-0.1, -0.05) is 42.5 Å². The van der Waals surface area contributed by atoms with Crippen molar-refractivity contribution < 1.29 is 19.4 Å². The summed E-state index contributed by atoms with van der Waals surface area (Å²) in [5.41, 5.74) is 6.47. The Morgan fingerprint density at radius 2 is 1.57 bits per heavy atom. The molecule has 0 saturated carbocycles. The van der Waals surface area contributed by atoms with Crippen LogP contribution in [-0.2, 0) is 24.2 Å². The summed E-state index contributed by atoms with van der Waals surface area (Å²) in [5, 5.41) is 7.42. The molecule has 3 aromatic carbocycles. The first-order chi connectivity index (χ1) is 14.5. The molecule has 0 aliphatic heterocycles. The summed E-state index contributed by atoms with van der Waals surface area (Å²) in [6, 6.07) is 23.2. The van der Waals surface area contributed by atoms with E-state index >= 15 is 0 Å². The molecule has 0 aromatic heterocycles. The van der Waals surface area contributed by atoms with Gasteiger partial charge in [0.05, 0.1) is 7.11 Å². The van der Waals surface area contributed by atoms with Gasteiger partial charge in [0.15, 0.2) is 0 Å². The maximum Gasteiger partial charge on any atom is 0.300 e. The van der Waals surface area contributed by atoms with Gasteiger partial charge in [-0.3, -0.25) is 4.79 Å². The van der Waals surface area contributed by atoms with Crippen LogP contribution in [0.1, 0.15) is 36.5 Å². The van der Waals surface area contributed by atoms with Gasteiger partial charge in [-0.05, 0) is 77.8 Å². The van der Waals surface area contributed by atoms with E-state index in [1.807, 2.05) is 12.1 Å². The molecule has 0 radical (unpaired) electrons. The minimum Gasteiger partial charge on any atom is -0.497 e. The maximum atomic E-state index is 9.00. The summed E-state index contributed by atoms with van der Waals surface area (Å²) >= 11 is 0. The van der Waals surface area contributed by atoms with Crippen molar-refractivity contribution in [1.82, 2.24) is 0 Å². The Balaban J connectivity index is 0.000000589. The average Bonchev–Trinajstić information content (AvgIpc) is 2.77. The smallest absolute Gasteiger partial charge is 0.300 e. The number of aryl methyl sites for hydroxylation is 2. The second kappa shape index (κ2) is 10.5. The fourth-order valence-electron chi connectivity index (χ4n) is 3.56. The van der Waals surface area contributed by atoms with Crippen LogP contribution in [0.15, 0.2) is 66.7 Å². The zero-order valence-electron chi connectivity index (χ0n) is 17.6. The maximum absolute atomic E-state index is 9.00. The number of carbonyl (C=O) groups is 1. The summed E-state index contributed by atoms with van der Waals surface area (Å²) in [6.07, 6.45) is 5.00. The Hall–Kier alpha value is -3.27. The van der Waals surface area contributed by atoms with E-state index in [4.69, 9.17) is 19.4 Å². The number of fused-ring (bicyclic) bond motifs is 1. The molecular weight excluding hydrogens is 376 g/mol. The van der Waals surface area contributed by atoms with Gasteiger partial charge >= 0.3 is 0 Å². The molecule has 0 saturated heterocycles. The van der Waals surface area contributed by atoms with E-state index < -0.39 is 5.97 Å². The standard InChI is InChI=1S/C24H24O2.C2H4O2/c1-25-23-8-4-7-22(15-23)20-11-9-18(10-12-20)17-26-24-14-13-19-5-2-3-6-21(19)16-24;1-2(3)4/h4,7-16H,2-3,5-6,17H2,1H3;1H3,(H,3,4). The summed E-state index contributed by atoms with van der Waals surface area (Å²) in [5.74, 6) is 1.02. The second-order valence-corrected chi connectivity index (χ2v) is 7.37. The van der Waals surface area contributed by atoms with Gasteiger partial charge in [-0.15, -0.1) is 0 Å². The first-order valence-corrected chi connectivity index (χ1v) is 10.2. The third kappa shape index (κ3) is 6.11. The number of ether oxygens (including phenoxy) is 2. The van der Waals surface area contributed by atoms with E-state index in [1.165, 1.54) is 47.9 Å². The van der Waals surface area contributed by atoms with Crippen molar-refractivity contribution in [2.45, 2.75) is 39.2 Å². The Labute approximate surface area is 178 Å². The lowest BCUT2D eigenvalue weighted by Crippen LogP contribution is -2.03. The van der Waals surface area contributed by atoms with Crippen LogP contribution >= 0.6 is 0 Å². The van der Waals surface area contributed by atoms with E-state index in [-0.39, 0.29) is 0 Å². The fraction of sp³-hybridized carbons (Fsp3) is 0.269. The molecule has 0 spiro atoms. The molecule has 1 N–H and O–H groups in total. The predicted octanol–water partition coefficient (Wildman–Crippen LogP) is 5.91. The van der Waals surface area contributed by atoms with Gasteiger partial charge in [0, 0.05) is 6.92 Å². The van der Waals surface area contributed by atoms with Gasteiger partial charge in [-0.2, -0.15) is 0 Å². The minimum absolute atomic E-state index is 0.594. The third-order valence-electron chi connectivity index (χ3n) is 5.08.